The highest BCUT2D eigenvalue weighted by molar-refractivity contribution is 5.98. The molecule has 1 fully saturated rings. The zero-order valence-corrected chi connectivity index (χ0v) is 14.1. The number of hydrogen-bond donors (Lipinski definition) is 0. The first-order valence-corrected chi connectivity index (χ1v) is 8.36. The number of ketones is 2. The van der Waals surface area contributed by atoms with Crippen LogP contribution in [-0.2, 0) is 6.42 Å². The fourth-order valence-corrected chi connectivity index (χ4v) is 3.04. The molecule has 0 amide bonds. The van der Waals surface area contributed by atoms with Crippen LogP contribution in [-0.4, -0.2) is 46.6 Å². The van der Waals surface area contributed by atoms with Crippen LogP contribution in [0.2, 0.25) is 0 Å². The summed E-state index contributed by atoms with van der Waals surface area (Å²) in [6.07, 6.45) is 2.95. The standard InChI is InChI=1S/C19H20FN3O2/c1-23-9-6-13(7-10-23)19(25)16-4-2-3-15(22-16)12-17(24)14-5-8-21-18(20)11-14/h2-5,8,11,13H,6-7,9-10,12H2,1H3. The van der Waals surface area contributed by atoms with Crippen LogP contribution in [0.5, 0.6) is 0 Å². The smallest absolute Gasteiger partial charge is 0.213 e. The van der Waals surface area contributed by atoms with E-state index >= 15 is 0 Å². The van der Waals surface area contributed by atoms with Gasteiger partial charge < -0.3 is 4.90 Å². The molecule has 130 valence electrons. The molecule has 1 aliphatic heterocycles. The first-order valence-electron chi connectivity index (χ1n) is 8.36. The molecule has 0 aliphatic carbocycles. The molecule has 2 aromatic rings. The average Bonchev–Trinajstić information content (AvgIpc) is 2.62. The molecule has 5 nitrogen and oxygen atoms in total. The van der Waals surface area contributed by atoms with E-state index in [0.29, 0.717) is 11.4 Å². The lowest BCUT2D eigenvalue weighted by molar-refractivity contribution is 0.0850. The van der Waals surface area contributed by atoms with Crippen LogP contribution >= 0.6 is 0 Å². The second-order valence-corrected chi connectivity index (χ2v) is 6.42. The molecule has 1 saturated heterocycles. The molecular formula is C19H20FN3O2. The number of carbonyl (C=O) groups is 2. The van der Waals surface area contributed by atoms with E-state index < -0.39 is 5.95 Å². The van der Waals surface area contributed by atoms with Gasteiger partial charge in [-0.3, -0.25) is 9.59 Å². The van der Waals surface area contributed by atoms with Gasteiger partial charge in [0.1, 0.15) is 5.69 Å². The Balaban J connectivity index is 1.71. The number of nitrogens with zero attached hydrogens (tertiary/aromatic N) is 3. The lowest BCUT2D eigenvalue weighted by Gasteiger charge is -2.27. The summed E-state index contributed by atoms with van der Waals surface area (Å²) in [6, 6.07) is 7.72. The maximum atomic E-state index is 13.1. The molecule has 0 atom stereocenters. The fourth-order valence-electron chi connectivity index (χ4n) is 3.04. The monoisotopic (exact) mass is 341 g/mol. The summed E-state index contributed by atoms with van der Waals surface area (Å²) in [5.41, 5.74) is 1.17. The first kappa shape index (κ1) is 17.4. The molecule has 1 aliphatic rings. The van der Waals surface area contributed by atoms with Gasteiger partial charge in [-0.15, -0.1) is 0 Å². The van der Waals surface area contributed by atoms with Crippen LogP contribution in [0.15, 0.2) is 36.5 Å². The topological polar surface area (TPSA) is 63.2 Å². The van der Waals surface area contributed by atoms with E-state index in [-0.39, 0.29) is 29.5 Å². The Labute approximate surface area is 145 Å². The summed E-state index contributed by atoms with van der Waals surface area (Å²) in [7, 11) is 2.05. The van der Waals surface area contributed by atoms with Gasteiger partial charge in [0.2, 0.25) is 5.95 Å². The second kappa shape index (κ2) is 7.61. The van der Waals surface area contributed by atoms with Gasteiger partial charge in [0.05, 0.1) is 6.42 Å². The highest BCUT2D eigenvalue weighted by Gasteiger charge is 2.25. The van der Waals surface area contributed by atoms with Crippen molar-refractivity contribution in [3.8, 4) is 0 Å². The van der Waals surface area contributed by atoms with E-state index in [9.17, 15) is 14.0 Å². The summed E-state index contributed by atoms with van der Waals surface area (Å²) in [6.45, 7) is 1.81. The number of halogens is 1. The van der Waals surface area contributed by atoms with Crippen molar-refractivity contribution in [3.05, 3.63) is 59.4 Å². The number of piperidine rings is 1. The van der Waals surface area contributed by atoms with Gasteiger partial charge >= 0.3 is 0 Å². The highest BCUT2D eigenvalue weighted by atomic mass is 19.1. The zero-order chi connectivity index (χ0) is 17.8. The number of likely N-dealkylation sites (tertiary alicyclic amines) is 1. The van der Waals surface area contributed by atoms with Crippen LogP contribution in [0.1, 0.15) is 39.4 Å². The van der Waals surface area contributed by atoms with Gasteiger partial charge in [0.25, 0.3) is 0 Å². The fraction of sp³-hybridized carbons (Fsp3) is 0.368. The lowest BCUT2D eigenvalue weighted by atomic mass is 9.91. The molecule has 0 aromatic carbocycles. The molecule has 0 bridgehead atoms. The molecule has 25 heavy (non-hydrogen) atoms. The summed E-state index contributed by atoms with van der Waals surface area (Å²) < 4.78 is 13.1. The average molecular weight is 341 g/mol. The Morgan fingerprint density at radius 2 is 2.00 bits per heavy atom. The van der Waals surface area contributed by atoms with Crippen molar-refractivity contribution < 1.29 is 14.0 Å². The number of carbonyl (C=O) groups excluding carboxylic acids is 2. The molecule has 0 spiro atoms. The molecule has 6 heteroatoms. The maximum Gasteiger partial charge on any atom is 0.213 e. The first-order chi connectivity index (χ1) is 12.0. The van der Waals surface area contributed by atoms with Crippen LogP contribution in [0, 0.1) is 11.9 Å². The Morgan fingerprint density at radius 3 is 2.72 bits per heavy atom. The molecule has 0 radical (unpaired) electrons. The van der Waals surface area contributed by atoms with Crippen LogP contribution in [0.4, 0.5) is 4.39 Å². The van der Waals surface area contributed by atoms with E-state index in [1.807, 2.05) is 7.05 Å². The summed E-state index contributed by atoms with van der Waals surface area (Å²) in [4.78, 5) is 34.9. The minimum Gasteiger partial charge on any atom is -0.306 e. The Morgan fingerprint density at radius 1 is 1.24 bits per heavy atom. The van der Waals surface area contributed by atoms with Gasteiger partial charge in [0, 0.05) is 29.4 Å². The normalized spacial score (nSPS) is 15.9. The molecule has 3 heterocycles. The summed E-state index contributed by atoms with van der Waals surface area (Å²) in [5.74, 6) is -0.913. The number of Topliss-reactive ketones (excluding diaryl/α,β-unsaturated/α-hetero) is 2. The summed E-state index contributed by atoms with van der Waals surface area (Å²) >= 11 is 0. The molecule has 2 aromatic heterocycles. The third-order valence-electron chi connectivity index (χ3n) is 4.54. The van der Waals surface area contributed by atoms with E-state index in [2.05, 4.69) is 14.9 Å². The van der Waals surface area contributed by atoms with Gasteiger partial charge in [0.15, 0.2) is 11.6 Å². The Hall–Kier alpha value is -2.47. The van der Waals surface area contributed by atoms with Gasteiger partial charge in [-0.25, -0.2) is 9.97 Å². The minimum absolute atomic E-state index is 0.0102. The lowest BCUT2D eigenvalue weighted by Crippen LogP contribution is -2.33. The van der Waals surface area contributed by atoms with Crippen molar-refractivity contribution in [3.63, 3.8) is 0 Å². The molecule has 0 unspecified atom stereocenters. The Bertz CT molecular complexity index is 786. The summed E-state index contributed by atoms with van der Waals surface area (Å²) in [5, 5.41) is 0. The third-order valence-corrected chi connectivity index (χ3v) is 4.54. The number of aromatic nitrogens is 2. The SMILES string of the molecule is CN1CCC(C(=O)c2cccc(CC(=O)c3ccnc(F)c3)n2)CC1. The van der Waals surface area contributed by atoms with E-state index in [0.717, 1.165) is 32.0 Å². The number of hydrogen-bond acceptors (Lipinski definition) is 5. The van der Waals surface area contributed by atoms with Crippen molar-refractivity contribution in [1.29, 1.82) is 0 Å². The van der Waals surface area contributed by atoms with Crippen molar-refractivity contribution in [2.24, 2.45) is 5.92 Å². The predicted octanol–water partition coefficient (Wildman–Crippen LogP) is 2.57. The van der Waals surface area contributed by atoms with E-state index in [1.165, 1.54) is 12.3 Å². The van der Waals surface area contributed by atoms with E-state index in [4.69, 9.17) is 0 Å². The van der Waals surface area contributed by atoms with Crippen LogP contribution in [0.25, 0.3) is 0 Å². The largest absolute Gasteiger partial charge is 0.306 e. The number of pyridine rings is 2. The molecular weight excluding hydrogens is 321 g/mol. The van der Waals surface area contributed by atoms with E-state index in [1.54, 1.807) is 18.2 Å². The number of rotatable bonds is 5. The third kappa shape index (κ3) is 4.33. The highest BCUT2D eigenvalue weighted by Crippen LogP contribution is 2.20. The molecule has 3 rings (SSSR count). The van der Waals surface area contributed by atoms with Gasteiger partial charge in [-0.2, -0.15) is 4.39 Å². The van der Waals surface area contributed by atoms with Crippen molar-refractivity contribution in [2.45, 2.75) is 19.3 Å². The molecule has 0 N–H and O–H groups in total. The predicted molar refractivity (Wildman–Crippen MR) is 91.0 cm³/mol. The van der Waals surface area contributed by atoms with Crippen LogP contribution < -0.4 is 0 Å². The van der Waals surface area contributed by atoms with Gasteiger partial charge in [-0.1, -0.05) is 6.07 Å². The van der Waals surface area contributed by atoms with Crippen LogP contribution in [0.3, 0.4) is 0 Å². The van der Waals surface area contributed by atoms with Crippen molar-refractivity contribution in [2.75, 3.05) is 20.1 Å². The van der Waals surface area contributed by atoms with Crippen molar-refractivity contribution >= 4 is 11.6 Å². The second-order valence-electron chi connectivity index (χ2n) is 6.42. The van der Waals surface area contributed by atoms with Crippen molar-refractivity contribution in [1.82, 2.24) is 14.9 Å². The zero-order valence-electron chi connectivity index (χ0n) is 14.1. The Kier molecular flexibility index (Phi) is 5.28. The quantitative estimate of drug-likeness (QED) is 0.618. The van der Waals surface area contributed by atoms with Gasteiger partial charge in [-0.05, 0) is 51.2 Å². The minimum atomic E-state index is -0.690. The molecule has 0 saturated carbocycles. The maximum absolute atomic E-state index is 13.1.